The summed E-state index contributed by atoms with van der Waals surface area (Å²) in [6, 6.07) is 0.613. The Balaban J connectivity index is 2.05. The maximum absolute atomic E-state index is 9.36. The second-order valence-corrected chi connectivity index (χ2v) is 4.31. The summed E-state index contributed by atoms with van der Waals surface area (Å²) in [5.41, 5.74) is 0. The topological polar surface area (TPSA) is 35.5 Å². The molecule has 0 aromatic carbocycles. The first-order chi connectivity index (χ1) is 6.74. The number of nitrogens with one attached hydrogen (secondary N) is 1. The molecule has 1 rings (SSSR count). The summed E-state index contributed by atoms with van der Waals surface area (Å²) in [7, 11) is 0. The van der Waals surface area contributed by atoms with Gasteiger partial charge in [0.1, 0.15) is 0 Å². The number of nitrogens with zero attached hydrogens (tertiary/aromatic N) is 1. The molecule has 0 aromatic rings. The van der Waals surface area contributed by atoms with E-state index in [4.69, 9.17) is 0 Å². The molecule has 0 amide bonds. The van der Waals surface area contributed by atoms with Gasteiger partial charge in [0.15, 0.2) is 0 Å². The lowest BCUT2D eigenvalue weighted by Crippen LogP contribution is -2.40. The van der Waals surface area contributed by atoms with Crippen molar-refractivity contribution < 1.29 is 5.11 Å². The van der Waals surface area contributed by atoms with Crippen molar-refractivity contribution in [3.63, 3.8) is 0 Å². The van der Waals surface area contributed by atoms with Crippen LogP contribution in [-0.4, -0.2) is 48.3 Å². The highest BCUT2D eigenvalue weighted by molar-refractivity contribution is 4.74. The summed E-state index contributed by atoms with van der Waals surface area (Å²) in [6.07, 6.45) is 3.36. The summed E-state index contributed by atoms with van der Waals surface area (Å²) in [5.74, 6) is 0. The number of hydrogen-bond acceptors (Lipinski definition) is 3. The van der Waals surface area contributed by atoms with Gasteiger partial charge in [-0.1, -0.05) is 6.92 Å². The number of likely N-dealkylation sites (tertiary alicyclic amines) is 1. The molecule has 3 heteroatoms. The van der Waals surface area contributed by atoms with Crippen LogP contribution < -0.4 is 5.32 Å². The molecule has 2 N–H and O–H groups in total. The Labute approximate surface area is 87.5 Å². The van der Waals surface area contributed by atoms with E-state index in [2.05, 4.69) is 17.1 Å². The van der Waals surface area contributed by atoms with Gasteiger partial charge in [0.25, 0.3) is 0 Å². The second-order valence-electron chi connectivity index (χ2n) is 4.31. The molecular weight excluding hydrogens is 176 g/mol. The highest BCUT2D eigenvalue weighted by Gasteiger charge is 2.17. The van der Waals surface area contributed by atoms with Gasteiger partial charge >= 0.3 is 0 Å². The van der Waals surface area contributed by atoms with Crippen LogP contribution in [0.15, 0.2) is 0 Å². The Morgan fingerprint density at radius 3 is 2.50 bits per heavy atom. The summed E-state index contributed by atoms with van der Waals surface area (Å²) < 4.78 is 0. The zero-order chi connectivity index (χ0) is 10.4. The molecule has 0 saturated carbocycles. The molecule has 0 aromatic heterocycles. The monoisotopic (exact) mass is 200 g/mol. The van der Waals surface area contributed by atoms with Crippen LogP contribution in [-0.2, 0) is 0 Å². The molecule has 84 valence electrons. The average Bonchev–Trinajstić information content (AvgIpc) is 2.70. The first kappa shape index (κ1) is 12.0. The highest BCUT2D eigenvalue weighted by atomic mass is 16.3. The van der Waals surface area contributed by atoms with Crippen molar-refractivity contribution in [1.82, 2.24) is 10.2 Å². The van der Waals surface area contributed by atoms with E-state index >= 15 is 0 Å². The molecular formula is C11H24N2O. The van der Waals surface area contributed by atoms with Gasteiger partial charge in [-0.2, -0.15) is 0 Å². The Bertz CT molecular complexity index is 146. The van der Waals surface area contributed by atoms with E-state index in [1.807, 2.05) is 6.92 Å². The SMILES string of the molecule is CCC(O)CNCC(C)N1CCCC1. The van der Waals surface area contributed by atoms with Crippen LogP contribution in [0.25, 0.3) is 0 Å². The first-order valence-electron chi connectivity index (χ1n) is 5.87. The van der Waals surface area contributed by atoms with Gasteiger partial charge in [0.2, 0.25) is 0 Å². The largest absolute Gasteiger partial charge is 0.392 e. The lowest BCUT2D eigenvalue weighted by atomic mass is 10.2. The fourth-order valence-corrected chi connectivity index (χ4v) is 1.91. The van der Waals surface area contributed by atoms with Gasteiger partial charge in [0, 0.05) is 19.1 Å². The van der Waals surface area contributed by atoms with Gasteiger partial charge in [-0.3, -0.25) is 4.90 Å². The fourth-order valence-electron chi connectivity index (χ4n) is 1.91. The zero-order valence-corrected chi connectivity index (χ0v) is 9.50. The standard InChI is InChI=1S/C11H24N2O/c1-3-11(14)9-12-8-10(2)13-6-4-5-7-13/h10-12,14H,3-9H2,1-2H3. The number of hydrogen-bond donors (Lipinski definition) is 2. The third-order valence-electron chi connectivity index (χ3n) is 3.05. The first-order valence-corrected chi connectivity index (χ1v) is 5.87. The summed E-state index contributed by atoms with van der Waals surface area (Å²) in [5, 5.41) is 12.7. The molecule has 0 spiro atoms. The molecule has 2 unspecified atom stereocenters. The number of rotatable bonds is 6. The van der Waals surface area contributed by atoms with Crippen molar-refractivity contribution in [2.45, 2.75) is 45.3 Å². The van der Waals surface area contributed by atoms with E-state index in [1.165, 1.54) is 25.9 Å². The molecule has 1 heterocycles. The van der Waals surface area contributed by atoms with Gasteiger partial charge in [-0.25, -0.2) is 0 Å². The normalized spacial score (nSPS) is 22.5. The second kappa shape index (κ2) is 6.38. The van der Waals surface area contributed by atoms with Crippen LogP contribution >= 0.6 is 0 Å². The van der Waals surface area contributed by atoms with Crippen LogP contribution in [0, 0.1) is 0 Å². The highest BCUT2D eigenvalue weighted by Crippen LogP contribution is 2.10. The smallest absolute Gasteiger partial charge is 0.0662 e. The molecule has 0 bridgehead atoms. The fraction of sp³-hybridized carbons (Fsp3) is 1.00. The van der Waals surface area contributed by atoms with E-state index in [9.17, 15) is 5.11 Å². The third-order valence-corrected chi connectivity index (χ3v) is 3.05. The van der Waals surface area contributed by atoms with E-state index < -0.39 is 0 Å². The molecule has 1 fully saturated rings. The molecule has 0 radical (unpaired) electrons. The van der Waals surface area contributed by atoms with Crippen molar-refractivity contribution in [1.29, 1.82) is 0 Å². The van der Waals surface area contributed by atoms with Crippen LogP contribution in [0.1, 0.15) is 33.1 Å². The molecule has 14 heavy (non-hydrogen) atoms. The zero-order valence-electron chi connectivity index (χ0n) is 9.50. The van der Waals surface area contributed by atoms with Crippen LogP contribution in [0.4, 0.5) is 0 Å². The molecule has 0 aliphatic carbocycles. The minimum atomic E-state index is -0.180. The van der Waals surface area contributed by atoms with Crippen LogP contribution in [0.2, 0.25) is 0 Å². The lowest BCUT2D eigenvalue weighted by Gasteiger charge is -2.24. The Morgan fingerprint density at radius 1 is 1.29 bits per heavy atom. The lowest BCUT2D eigenvalue weighted by molar-refractivity contribution is 0.161. The predicted octanol–water partition coefficient (Wildman–Crippen LogP) is 0.831. The minimum absolute atomic E-state index is 0.180. The van der Waals surface area contributed by atoms with Crippen molar-refractivity contribution >= 4 is 0 Å². The predicted molar refractivity (Wildman–Crippen MR) is 59.4 cm³/mol. The molecule has 3 nitrogen and oxygen atoms in total. The van der Waals surface area contributed by atoms with E-state index in [-0.39, 0.29) is 6.10 Å². The molecule has 1 aliphatic rings. The summed E-state index contributed by atoms with van der Waals surface area (Å²) in [4.78, 5) is 2.52. The van der Waals surface area contributed by atoms with Crippen molar-refractivity contribution in [3.8, 4) is 0 Å². The van der Waals surface area contributed by atoms with Gasteiger partial charge in [0.05, 0.1) is 6.10 Å². The van der Waals surface area contributed by atoms with E-state index in [0.29, 0.717) is 6.04 Å². The van der Waals surface area contributed by atoms with Crippen molar-refractivity contribution in [2.75, 3.05) is 26.2 Å². The number of aliphatic hydroxyl groups excluding tert-OH is 1. The van der Waals surface area contributed by atoms with Gasteiger partial charge < -0.3 is 10.4 Å². The summed E-state index contributed by atoms with van der Waals surface area (Å²) in [6.45, 7) is 8.50. The Kier molecular flexibility index (Phi) is 5.45. The molecule has 1 saturated heterocycles. The van der Waals surface area contributed by atoms with Crippen LogP contribution in [0.3, 0.4) is 0 Å². The molecule has 1 aliphatic heterocycles. The van der Waals surface area contributed by atoms with Gasteiger partial charge in [-0.15, -0.1) is 0 Å². The van der Waals surface area contributed by atoms with Crippen molar-refractivity contribution in [2.24, 2.45) is 0 Å². The maximum Gasteiger partial charge on any atom is 0.0662 e. The quantitative estimate of drug-likeness (QED) is 0.667. The molecule has 2 atom stereocenters. The third kappa shape index (κ3) is 3.95. The van der Waals surface area contributed by atoms with Crippen molar-refractivity contribution in [3.05, 3.63) is 0 Å². The summed E-state index contributed by atoms with van der Waals surface area (Å²) >= 11 is 0. The number of aliphatic hydroxyl groups is 1. The van der Waals surface area contributed by atoms with E-state index in [0.717, 1.165) is 19.5 Å². The minimum Gasteiger partial charge on any atom is -0.392 e. The van der Waals surface area contributed by atoms with Gasteiger partial charge in [-0.05, 0) is 39.3 Å². The Hall–Kier alpha value is -0.120. The maximum atomic E-state index is 9.36. The Morgan fingerprint density at radius 2 is 1.93 bits per heavy atom. The van der Waals surface area contributed by atoms with E-state index in [1.54, 1.807) is 0 Å². The average molecular weight is 200 g/mol. The van der Waals surface area contributed by atoms with Crippen LogP contribution in [0.5, 0.6) is 0 Å².